The van der Waals surface area contributed by atoms with Crippen LogP contribution in [0, 0.1) is 23.1 Å². The van der Waals surface area contributed by atoms with Crippen molar-refractivity contribution >= 4 is 17.3 Å². The van der Waals surface area contributed by atoms with E-state index >= 15 is 0 Å². The van der Waals surface area contributed by atoms with Crippen LogP contribution in [-0.2, 0) is 14.3 Å². The summed E-state index contributed by atoms with van der Waals surface area (Å²) in [5.41, 5.74) is 1.21. The second-order valence-electron chi connectivity index (χ2n) is 5.14. The van der Waals surface area contributed by atoms with Gasteiger partial charge in [0.25, 0.3) is 0 Å². The standard InChI is InChI=1S/C18H21FN2O3/c1-3-24-10-4-9-21-18(23)16(12-20)17(22)11-13(2)14-5-7-15(19)8-6-14/h5-8,11,16H,3-4,9-10H2,1-2H3,(H,21,23)/b13-11+. The molecule has 128 valence electrons. The highest BCUT2D eigenvalue weighted by atomic mass is 19.1. The van der Waals surface area contributed by atoms with Gasteiger partial charge in [-0.2, -0.15) is 5.26 Å². The Morgan fingerprint density at radius 3 is 2.62 bits per heavy atom. The van der Waals surface area contributed by atoms with Gasteiger partial charge in [0.1, 0.15) is 5.82 Å². The second-order valence-corrected chi connectivity index (χ2v) is 5.14. The highest BCUT2D eigenvalue weighted by Gasteiger charge is 2.24. The minimum absolute atomic E-state index is 0.338. The van der Waals surface area contributed by atoms with Gasteiger partial charge in [-0.15, -0.1) is 0 Å². The maximum Gasteiger partial charge on any atom is 0.245 e. The molecule has 0 aliphatic rings. The fourth-order valence-electron chi connectivity index (χ4n) is 1.98. The van der Waals surface area contributed by atoms with Crippen molar-refractivity contribution in [2.45, 2.75) is 20.3 Å². The minimum atomic E-state index is -1.40. The zero-order chi connectivity index (χ0) is 17.9. The Balaban J connectivity index is 2.65. The van der Waals surface area contributed by atoms with Gasteiger partial charge >= 0.3 is 0 Å². The number of allylic oxidation sites excluding steroid dienone is 2. The van der Waals surface area contributed by atoms with Crippen LogP contribution in [0.4, 0.5) is 4.39 Å². The molecule has 1 amide bonds. The van der Waals surface area contributed by atoms with E-state index in [1.807, 2.05) is 6.92 Å². The van der Waals surface area contributed by atoms with Crippen LogP contribution in [-0.4, -0.2) is 31.4 Å². The zero-order valence-electron chi connectivity index (χ0n) is 13.8. The molecular weight excluding hydrogens is 311 g/mol. The number of carbonyl (C=O) groups excluding carboxylic acids is 2. The maximum absolute atomic E-state index is 12.9. The van der Waals surface area contributed by atoms with Gasteiger partial charge in [0.15, 0.2) is 11.7 Å². The van der Waals surface area contributed by atoms with Gasteiger partial charge in [-0.05, 0) is 49.6 Å². The summed E-state index contributed by atoms with van der Waals surface area (Å²) >= 11 is 0. The van der Waals surface area contributed by atoms with E-state index < -0.39 is 17.6 Å². The van der Waals surface area contributed by atoms with Gasteiger partial charge < -0.3 is 10.1 Å². The molecule has 0 bridgehead atoms. The van der Waals surface area contributed by atoms with Crippen LogP contribution in [0.1, 0.15) is 25.8 Å². The average Bonchev–Trinajstić information content (AvgIpc) is 2.55. The summed E-state index contributed by atoms with van der Waals surface area (Å²) in [7, 11) is 0. The first kappa shape index (κ1) is 19.5. The Labute approximate surface area is 141 Å². The Bertz CT molecular complexity index is 633. The van der Waals surface area contributed by atoms with E-state index in [0.717, 1.165) is 0 Å². The number of rotatable bonds is 9. The zero-order valence-corrected chi connectivity index (χ0v) is 13.8. The monoisotopic (exact) mass is 332 g/mol. The fourth-order valence-corrected chi connectivity index (χ4v) is 1.98. The Kier molecular flexibility index (Phi) is 8.37. The third-order valence-electron chi connectivity index (χ3n) is 3.30. The molecule has 5 nitrogen and oxygen atoms in total. The number of hydrogen-bond acceptors (Lipinski definition) is 4. The highest BCUT2D eigenvalue weighted by molar-refractivity contribution is 6.11. The molecule has 1 N–H and O–H groups in total. The summed E-state index contributed by atoms with van der Waals surface area (Å²) < 4.78 is 18.0. The van der Waals surface area contributed by atoms with Gasteiger partial charge in [-0.25, -0.2) is 4.39 Å². The average molecular weight is 332 g/mol. The number of nitrogens with zero attached hydrogens (tertiary/aromatic N) is 1. The number of ketones is 1. The maximum atomic E-state index is 12.9. The normalized spacial score (nSPS) is 12.3. The van der Waals surface area contributed by atoms with E-state index in [1.54, 1.807) is 13.0 Å². The molecule has 1 atom stereocenters. The molecule has 0 aliphatic carbocycles. The van der Waals surface area contributed by atoms with Gasteiger partial charge in [0.2, 0.25) is 5.91 Å². The lowest BCUT2D eigenvalue weighted by Gasteiger charge is -2.09. The molecular formula is C18H21FN2O3. The predicted molar refractivity (Wildman–Crippen MR) is 88.3 cm³/mol. The minimum Gasteiger partial charge on any atom is -0.382 e. The van der Waals surface area contributed by atoms with Crippen molar-refractivity contribution in [3.8, 4) is 6.07 Å². The van der Waals surface area contributed by atoms with Crippen molar-refractivity contribution in [2.24, 2.45) is 5.92 Å². The number of amides is 1. The van der Waals surface area contributed by atoms with E-state index in [-0.39, 0.29) is 5.82 Å². The van der Waals surface area contributed by atoms with Gasteiger partial charge in [-0.3, -0.25) is 9.59 Å². The summed E-state index contributed by atoms with van der Waals surface area (Å²) in [5.74, 6) is -2.99. The molecule has 6 heteroatoms. The molecule has 0 spiro atoms. The molecule has 1 rings (SSSR count). The Morgan fingerprint density at radius 2 is 2.04 bits per heavy atom. The van der Waals surface area contributed by atoms with Crippen molar-refractivity contribution in [2.75, 3.05) is 19.8 Å². The molecule has 0 heterocycles. The lowest BCUT2D eigenvalue weighted by molar-refractivity contribution is -0.129. The summed E-state index contributed by atoms with van der Waals surface area (Å²) in [4.78, 5) is 24.1. The first-order valence-corrected chi connectivity index (χ1v) is 7.72. The van der Waals surface area contributed by atoms with E-state index in [2.05, 4.69) is 5.32 Å². The first-order chi connectivity index (χ1) is 11.5. The molecule has 1 aromatic carbocycles. The predicted octanol–water partition coefficient (Wildman–Crippen LogP) is 2.48. The van der Waals surface area contributed by atoms with E-state index in [0.29, 0.717) is 37.3 Å². The largest absolute Gasteiger partial charge is 0.382 e. The van der Waals surface area contributed by atoms with E-state index in [4.69, 9.17) is 10.00 Å². The third-order valence-corrected chi connectivity index (χ3v) is 3.30. The number of halogens is 1. The van der Waals surface area contributed by atoms with Gasteiger partial charge in [0, 0.05) is 19.8 Å². The molecule has 0 saturated carbocycles. The third kappa shape index (κ3) is 6.31. The number of nitrogens with one attached hydrogen (secondary N) is 1. The lowest BCUT2D eigenvalue weighted by Crippen LogP contribution is -2.35. The van der Waals surface area contributed by atoms with Crippen molar-refractivity contribution < 1.29 is 18.7 Å². The topological polar surface area (TPSA) is 79.2 Å². The number of hydrogen-bond donors (Lipinski definition) is 1. The summed E-state index contributed by atoms with van der Waals surface area (Å²) in [5, 5.41) is 11.6. The van der Waals surface area contributed by atoms with Crippen molar-refractivity contribution in [1.82, 2.24) is 5.32 Å². The number of ether oxygens (including phenoxy) is 1. The summed E-state index contributed by atoms with van der Waals surface area (Å²) in [6, 6.07) is 7.35. The van der Waals surface area contributed by atoms with Crippen LogP contribution in [0.25, 0.3) is 5.57 Å². The SMILES string of the molecule is CCOCCCNC(=O)C(C#N)C(=O)/C=C(\C)c1ccc(F)cc1. The molecule has 1 aromatic rings. The number of carbonyl (C=O) groups is 2. The van der Waals surface area contributed by atoms with Gasteiger partial charge in [-0.1, -0.05) is 12.1 Å². The fraction of sp³-hybridized carbons (Fsp3) is 0.389. The molecule has 0 fully saturated rings. The van der Waals surface area contributed by atoms with Crippen LogP contribution >= 0.6 is 0 Å². The second kappa shape index (κ2) is 10.3. The van der Waals surface area contributed by atoms with Crippen LogP contribution in [0.5, 0.6) is 0 Å². The number of benzene rings is 1. The van der Waals surface area contributed by atoms with Crippen molar-refractivity contribution in [1.29, 1.82) is 5.26 Å². The van der Waals surface area contributed by atoms with Crippen LogP contribution in [0.15, 0.2) is 30.3 Å². The van der Waals surface area contributed by atoms with Crippen molar-refractivity contribution in [3.63, 3.8) is 0 Å². The molecule has 1 unspecified atom stereocenters. The van der Waals surface area contributed by atoms with Crippen LogP contribution < -0.4 is 5.32 Å². The van der Waals surface area contributed by atoms with Crippen LogP contribution in [0.2, 0.25) is 0 Å². The number of nitriles is 1. The van der Waals surface area contributed by atoms with Crippen LogP contribution in [0.3, 0.4) is 0 Å². The Hall–Kier alpha value is -2.52. The summed E-state index contributed by atoms with van der Waals surface area (Å²) in [6.07, 6.45) is 1.84. The quantitative estimate of drug-likeness (QED) is 0.428. The molecule has 0 aromatic heterocycles. The lowest BCUT2D eigenvalue weighted by atomic mass is 9.99. The highest BCUT2D eigenvalue weighted by Crippen LogP contribution is 2.15. The van der Waals surface area contributed by atoms with E-state index in [9.17, 15) is 14.0 Å². The molecule has 24 heavy (non-hydrogen) atoms. The molecule has 0 radical (unpaired) electrons. The first-order valence-electron chi connectivity index (χ1n) is 7.72. The smallest absolute Gasteiger partial charge is 0.245 e. The Morgan fingerprint density at radius 1 is 1.38 bits per heavy atom. The van der Waals surface area contributed by atoms with E-state index in [1.165, 1.54) is 30.3 Å². The molecule has 0 saturated heterocycles. The molecule has 0 aliphatic heterocycles. The van der Waals surface area contributed by atoms with Crippen molar-refractivity contribution in [3.05, 3.63) is 41.7 Å². The summed E-state index contributed by atoms with van der Waals surface area (Å²) in [6.45, 7) is 4.98. The van der Waals surface area contributed by atoms with Gasteiger partial charge in [0.05, 0.1) is 6.07 Å².